The number of hydrogen-bond donors (Lipinski definition) is 3. The van der Waals surface area contributed by atoms with E-state index < -0.39 is 0 Å². The Bertz CT molecular complexity index is 991. The van der Waals surface area contributed by atoms with E-state index in [0.717, 1.165) is 11.1 Å². The molecular weight excluding hydrogens is 378 g/mol. The van der Waals surface area contributed by atoms with Crippen LogP contribution >= 0.6 is 11.3 Å². The van der Waals surface area contributed by atoms with Crippen molar-refractivity contribution in [3.63, 3.8) is 0 Å². The monoisotopic (exact) mass is 397 g/mol. The van der Waals surface area contributed by atoms with E-state index >= 15 is 0 Å². The largest absolute Gasteiger partial charge is 0.459 e. The molecule has 0 saturated heterocycles. The van der Waals surface area contributed by atoms with Crippen LogP contribution in [0.3, 0.4) is 0 Å². The van der Waals surface area contributed by atoms with Gasteiger partial charge in [-0.1, -0.05) is 12.1 Å². The number of benzene rings is 1. The molecule has 0 fully saturated rings. The Balaban J connectivity index is 1.65. The van der Waals surface area contributed by atoms with E-state index in [1.165, 1.54) is 17.6 Å². The van der Waals surface area contributed by atoms with Crippen molar-refractivity contribution in [3.05, 3.63) is 70.5 Å². The number of rotatable bonds is 6. The molecule has 0 aliphatic carbocycles. The lowest BCUT2D eigenvalue weighted by Crippen LogP contribution is -2.19. The minimum atomic E-state index is -0.370. The second-order valence-corrected chi connectivity index (χ2v) is 7.11. The van der Waals surface area contributed by atoms with Gasteiger partial charge in [-0.3, -0.25) is 14.4 Å². The Labute approximate surface area is 165 Å². The number of amides is 3. The van der Waals surface area contributed by atoms with Crippen molar-refractivity contribution < 1.29 is 18.8 Å². The molecule has 144 valence electrons. The second-order valence-electron chi connectivity index (χ2n) is 6.06. The molecule has 2 aromatic heterocycles. The third-order valence-corrected chi connectivity index (χ3v) is 5.11. The van der Waals surface area contributed by atoms with E-state index in [1.807, 2.05) is 0 Å². The molecule has 0 aliphatic rings. The average molecular weight is 397 g/mol. The minimum absolute atomic E-state index is 0.0740. The van der Waals surface area contributed by atoms with E-state index in [0.29, 0.717) is 15.6 Å². The first-order chi connectivity index (χ1) is 13.5. The highest BCUT2D eigenvalue weighted by Crippen LogP contribution is 2.28. The number of anilines is 2. The van der Waals surface area contributed by atoms with Gasteiger partial charge in [0.05, 0.1) is 22.6 Å². The standard InChI is InChI=1S/C20H19N3O4S/c1-12-10-17(23-19(25)15-4-3-9-27-15)28-18(12)20(26)22-14-7-5-13(6-8-14)11-16(24)21-2/h3-10H,11H2,1-2H3,(H,21,24)(H,22,26)(H,23,25). The van der Waals surface area contributed by atoms with Crippen LogP contribution in [0.2, 0.25) is 0 Å². The lowest BCUT2D eigenvalue weighted by Gasteiger charge is -2.06. The lowest BCUT2D eigenvalue weighted by atomic mass is 10.1. The third kappa shape index (κ3) is 4.66. The van der Waals surface area contributed by atoms with E-state index in [-0.39, 0.29) is 29.9 Å². The molecule has 0 radical (unpaired) electrons. The zero-order valence-corrected chi connectivity index (χ0v) is 16.2. The van der Waals surface area contributed by atoms with Crippen LogP contribution < -0.4 is 16.0 Å². The Morgan fingerprint density at radius 1 is 1.04 bits per heavy atom. The number of furan rings is 1. The molecule has 0 saturated carbocycles. The molecule has 0 unspecified atom stereocenters. The molecule has 8 heteroatoms. The summed E-state index contributed by atoms with van der Waals surface area (Å²) in [6.07, 6.45) is 1.71. The normalized spacial score (nSPS) is 10.4. The first kappa shape index (κ1) is 19.4. The Morgan fingerprint density at radius 3 is 2.43 bits per heavy atom. The highest BCUT2D eigenvalue weighted by molar-refractivity contribution is 7.18. The first-order valence-electron chi connectivity index (χ1n) is 8.52. The number of nitrogens with one attached hydrogen (secondary N) is 3. The van der Waals surface area contributed by atoms with E-state index in [4.69, 9.17) is 4.42 Å². The molecule has 0 atom stereocenters. The van der Waals surface area contributed by atoms with Crippen LogP contribution in [-0.4, -0.2) is 24.8 Å². The summed E-state index contributed by atoms with van der Waals surface area (Å²) in [4.78, 5) is 36.5. The maximum absolute atomic E-state index is 12.6. The van der Waals surface area contributed by atoms with Gasteiger partial charge in [0.25, 0.3) is 11.8 Å². The summed E-state index contributed by atoms with van der Waals surface area (Å²) >= 11 is 1.19. The van der Waals surface area contributed by atoms with Crippen LogP contribution in [0, 0.1) is 6.92 Å². The number of aryl methyl sites for hydroxylation is 1. The van der Waals surface area contributed by atoms with Crippen LogP contribution in [0.15, 0.2) is 53.1 Å². The molecule has 0 spiro atoms. The van der Waals surface area contributed by atoms with Crippen LogP contribution in [0.25, 0.3) is 0 Å². The van der Waals surface area contributed by atoms with Crippen molar-refractivity contribution in [3.8, 4) is 0 Å². The average Bonchev–Trinajstić information content (AvgIpc) is 3.33. The summed E-state index contributed by atoms with van der Waals surface area (Å²) in [7, 11) is 1.59. The van der Waals surface area contributed by atoms with Gasteiger partial charge in [-0.25, -0.2) is 0 Å². The second kappa shape index (κ2) is 8.53. The van der Waals surface area contributed by atoms with E-state index in [9.17, 15) is 14.4 Å². The summed E-state index contributed by atoms with van der Waals surface area (Å²) in [6, 6.07) is 12.0. The Morgan fingerprint density at radius 2 is 1.79 bits per heavy atom. The molecule has 0 bridgehead atoms. The molecule has 28 heavy (non-hydrogen) atoms. The summed E-state index contributed by atoms with van der Waals surface area (Å²) in [6.45, 7) is 1.81. The first-order valence-corrected chi connectivity index (χ1v) is 9.34. The van der Waals surface area contributed by atoms with Gasteiger partial charge in [0, 0.05) is 12.7 Å². The van der Waals surface area contributed by atoms with Gasteiger partial charge < -0.3 is 20.4 Å². The van der Waals surface area contributed by atoms with Crippen molar-refractivity contribution in [2.45, 2.75) is 13.3 Å². The SMILES string of the molecule is CNC(=O)Cc1ccc(NC(=O)c2sc(NC(=O)c3ccco3)cc2C)cc1. The molecule has 0 aliphatic heterocycles. The van der Waals surface area contributed by atoms with Gasteiger partial charge in [-0.2, -0.15) is 0 Å². The van der Waals surface area contributed by atoms with Crippen molar-refractivity contribution >= 4 is 39.7 Å². The van der Waals surface area contributed by atoms with Crippen molar-refractivity contribution in [1.82, 2.24) is 5.32 Å². The molecular formula is C20H19N3O4S. The van der Waals surface area contributed by atoms with Gasteiger partial charge >= 0.3 is 0 Å². The predicted molar refractivity (Wildman–Crippen MR) is 108 cm³/mol. The molecule has 3 amide bonds. The van der Waals surface area contributed by atoms with Crippen LogP contribution in [-0.2, 0) is 11.2 Å². The fourth-order valence-electron chi connectivity index (χ4n) is 2.52. The summed E-state index contributed by atoms with van der Waals surface area (Å²) < 4.78 is 5.06. The lowest BCUT2D eigenvalue weighted by molar-refractivity contribution is -0.119. The Kier molecular flexibility index (Phi) is 5.90. The fraction of sp³-hybridized carbons (Fsp3) is 0.150. The van der Waals surface area contributed by atoms with Gasteiger partial charge in [-0.05, 0) is 48.4 Å². The van der Waals surface area contributed by atoms with Crippen molar-refractivity contribution in [1.29, 1.82) is 0 Å². The third-order valence-electron chi connectivity index (χ3n) is 3.96. The quantitative estimate of drug-likeness (QED) is 0.593. The molecule has 1 aromatic carbocycles. The van der Waals surface area contributed by atoms with Crippen LogP contribution in [0.4, 0.5) is 10.7 Å². The zero-order valence-electron chi connectivity index (χ0n) is 15.4. The fourth-order valence-corrected chi connectivity index (χ4v) is 3.48. The van der Waals surface area contributed by atoms with Crippen molar-refractivity contribution in [2.24, 2.45) is 0 Å². The van der Waals surface area contributed by atoms with E-state index in [2.05, 4.69) is 16.0 Å². The van der Waals surface area contributed by atoms with Crippen molar-refractivity contribution in [2.75, 3.05) is 17.7 Å². The topological polar surface area (TPSA) is 100 Å². The van der Waals surface area contributed by atoms with Gasteiger partial charge in [0.15, 0.2) is 5.76 Å². The maximum Gasteiger partial charge on any atom is 0.291 e. The number of carbonyl (C=O) groups excluding carboxylic acids is 3. The van der Waals surface area contributed by atoms with Gasteiger partial charge in [-0.15, -0.1) is 11.3 Å². The van der Waals surface area contributed by atoms with Gasteiger partial charge in [0.2, 0.25) is 5.91 Å². The number of hydrogen-bond acceptors (Lipinski definition) is 5. The minimum Gasteiger partial charge on any atom is -0.459 e. The molecule has 7 nitrogen and oxygen atoms in total. The van der Waals surface area contributed by atoms with Crippen LogP contribution in [0.5, 0.6) is 0 Å². The molecule has 3 N–H and O–H groups in total. The summed E-state index contributed by atoms with van der Waals surface area (Å²) in [5.41, 5.74) is 2.24. The maximum atomic E-state index is 12.6. The van der Waals surface area contributed by atoms with Crippen LogP contribution in [0.1, 0.15) is 31.4 Å². The molecule has 2 heterocycles. The highest BCUT2D eigenvalue weighted by atomic mass is 32.1. The smallest absolute Gasteiger partial charge is 0.291 e. The van der Waals surface area contributed by atoms with Gasteiger partial charge in [0.1, 0.15) is 0 Å². The predicted octanol–water partition coefficient (Wildman–Crippen LogP) is 3.44. The Hall–Kier alpha value is -3.39. The summed E-state index contributed by atoms with van der Waals surface area (Å²) in [5, 5.41) is 8.68. The summed E-state index contributed by atoms with van der Waals surface area (Å²) in [5.74, 6) is -0.506. The number of likely N-dealkylation sites (N-methyl/N-ethyl adjacent to an activating group) is 1. The number of thiophene rings is 1. The molecule has 3 rings (SSSR count). The highest BCUT2D eigenvalue weighted by Gasteiger charge is 2.17. The number of carbonyl (C=O) groups is 3. The van der Waals surface area contributed by atoms with E-state index in [1.54, 1.807) is 56.4 Å². The zero-order chi connectivity index (χ0) is 20.1. The molecule has 3 aromatic rings.